The average molecular weight is 204 g/mol. The number of benzene rings is 1. The fourth-order valence-corrected chi connectivity index (χ4v) is 1.37. The summed E-state index contributed by atoms with van der Waals surface area (Å²) in [5, 5.41) is 8.78. The number of hydrogen-bond acceptors (Lipinski definition) is 4. The van der Waals surface area contributed by atoms with E-state index in [-0.39, 0.29) is 0 Å². The minimum Gasteiger partial charge on any atom is -0.465 e. The number of carbonyl (C=O) groups is 1. The van der Waals surface area contributed by atoms with Crippen LogP contribution in [0, 0.1) is 18.3 Å². The molecule has 1 aromatic rings. The first-order chi connectivity index (χ1) is 7.13. The summed E-state index contributed by atoms with van der Waals surface area (Å²) in [7, 11) is 1.31. The second-order valence-electron chi connectivity index (χ2n) is 3.12. The highest BCUT2D eigenvalue weighted by Gasteiger charge is 2.13. The minimum absolute atomic E-state index is 0.297. The number of hydrogen-bond donors (Lipinski definition) is 1. The third kappa shape index (κ3) is 2.14. The van der Waals surface area contributed by atoms with E-state index in [4.69, 9.17) is 11.0 Å². The Morgan fingerprint density at radius 2 is 2.27 bits per heavy atom. The van der Waals surface area contributed by atoms with Crippen molar-refractivity contribution < 1.29 is 9.53 Å². The summed E-state index contributed by atoms with van der Waals surface area (Å²) in [6, 6.07) is 5.18. The second kappa shape index (κ2) is 4.58. The summed E-state index contributed by atoms with van der Waals surface area (Å²) < 4.78 is 4.63. The third-order valence-corrected chi connectivity index (χ3v) is 2.27. The van der Waals surface area contributed by atoms with Gasteiger partial charge in [0.1, 0.15) is 0 Å². The van der Waals surface area contributed by atoms with Crippen LogP contribution >= 0.6 is 0 Å². The Balaban J connectivity index is 3.38. The number of nitrogens with two attached hydrogens (primary N) is 1. The smallest absolute Gasteiger partial charge is 0.338 e. The standard InChI is InChI=1S/C11H12N2O2/c1-7-9(6-13)3-8(5-12)4-10(7)11(14)15-2/h3-4H,6,13H2,1-2H3. The predicted molar refractivity (Wildman–Crippen MR) is 55.1 cm³/mol. The van der Waals surface area contributed by atoms with Crippen LogP contribution in [0.2, 0.25) is 0 Å². The highest BCUT2D eigenvalue weighted by Crippen LogP contribution is 2.17. The molecule has 4 heteroatoms. The Labute approximate surface area is 88.3 Å². The molecule has 1 rings (SSSR count). The number of carbonyl (C=O) groups excluding carboxylic acids is 1. The maximum atomic E-state index is 11.4. The van der Waals surface area contributed by atoms with Gasteiger partial charge in [-0.3, -0.25) is 0 Å². The van der Waals surface area contributed by atoms with Gasteiger partial charge in [-0.05, 0) is 30.2 Å². The van der Waals surface area contributed by atoms with Crippen LogP contribution in [0.4, 0.5) is 0 Å². The monoisotopic (exact) mass is 204 g/mol. The summed E-state index contributed by atoms with van der Waals surface area (Å²) in [5.41, 5.74) is 7.89. The normalized spacial score (nSPS) is 9.47. The zero-order chi connectivity index (χ0) is 11.4. The first kappa shape index (κ1) is 11.2. The molecule has 0 saturated carbocycles. The van der Waals surface area contributed by atoms with Crippen molar-refractivity contribution in [3.63, 3.8) is 0 Å². The molecule has 0 saturated heterocycles. The molecule has 0 spiro atoms. The third-order valence-electron chi connectivity index (χ3n) is 2.27. The summed E-state index contributed by atoms with van der Waals surface area (Å²) in [4.78, 5) is 11.4. The number of esters is 1. The largest absolute Gasteiger partial charge is 0.465 e. The fourth-order valence-electron chi connectivity index (χ4n) is 1.37. The summed E-state index contributed by atoms with van der Waals surface area (Å²) in [6.07, 6.45) is 0. The molecule has 0 radical (unpaired) electrons. The molecule has 15 heavy (non-hydrogen) atoms. The molecule has 78 valence electrons. The molecule has 0 amide bonds. The lowest BCUT2D eigenvalue weighted by molar-refractivity contribution is 0.0599. The molecule has 0 atom stereocenters. The van der Waals surface area contributed by atoms with Crippen LogP contribution in [0.3, 0.4) is 0 Å². The van der Waals surface area contributed by atoms with Crippen molar-refractivity contribution in [2.45, 2.75) is 13.5 Å². The maximum absolute atomic E-state index is 11.4. The molecule has 0 fully saturated rings. The van der Waals surface area contributed by atoms with Gasteiger partial charge in [0.15, 0.2) is 0 Å². The van der Waals surface area contributed by atoms with Crippen LogP contribution in [-0.4, -0.2) is 13.1 Å². The van der Waals surface area contributed by atoms with Gasteiger partial charge < -0.3 is 10.5 Å². The van der Waals surface area contributed by atoms with E-state index in [9.17, 15) is 4.79 Å². The quantitative estimate of drug-likeness (QED) is 0.732. The summed E-state index contributed by atoms with van der Waals surface area (Å²) >= 11 is 0. The number of nitrogens with zero attached hydrogens (tertiary/aromatic N) is 1. The number of methoxy groups -OCH3 is 1. The topological polar surface area (TPSA) is 76.1 Å². The average Bonchev–Trinajstić information content (AvgIpc) is 2.28. The SMILES string of the molecule is COC(=O)c1cc(C#N)cc(CN)c1C. The number of rotatable bonds is 2. The Morgan fingerprint density at radius 3 is 2.73 bits per heavy atom. The van der Waals surface area contributed by atoms with Gasteiger partial charge in [0.2, 0.25) is 0 Å². The van der Waals surface area contributed by atoms with E-state index in [0.717, 1.165) is 11.1 Å². The molecular formula is C11H12N2O2. The lowest BCUT2D eigenvalue weighted by Gasteiger charge is -2.08. The second-order valence-corrected chi connectivity index (χ2v) is 3.12. The maximum Gasteiger partial charge on any atom is 0.338 e. The molecule has 0 aliphatic carbocycles. The molecule has 0 aliphatic heterocycles. The molecule has 0 heterocycles. The van der Waals surface area contributed by atoms with Gasteiger partial charge in [0.05, 0.1) is 24.3 Å². The van der Waals surface area contributed by atoms with Crippen molar-refractivity contribution in [3.8, 4) is 6.07 Å². The summed E-state index contributed by atoms with van der Waals surface area (Å²) in [6.45, 7) is 2.08. The van der Waals surface area contributed by atoms with E-state index in [1.54, 1.807) is 13.0 Å². The molecule has 1 aromatic carbocycles. The lowest BCUT2D eigenvalue weighted by Crippen LogP contribution is -2.09. The Morgan fingerprint density at radius 1 is 1.60 bits per heavy atom. The molecule has 0 aliphatic rings. The van der Waals surface area contributed by atoms with Crippen LogP contribution in [0.5, 0.6) is 0 Å². The zero-order valence-corrected chi connectivity index (χ0v) is 8.70. The van der Waals surface area contributed by atoms with Crippen LogP contribution in [-0.2, 0) is 11.3 Å². The highest BCUT2D eigenvalue weighted by atomic mass is 16.5. The van der Waals surface area contributed by atoms with Crippen molar-refractivity contribution in [1.29, 1.82) is 5.26 Å². The van der Waals surface area contributed by atoms with Crippen molar-refractivity contribution >= 4 is 5.97 Å². The van der Waals surface area contributed by atoms with Crippen molar-refractivity contribution in [2.24, 2.45) is 5.73 Å². The highest BCUT2D eigenvalue weighted by molar-refractivity contribution is 5.91. The summed E-state index contributed by atoms with van der Waals surface area (Å²) in [5.74, 6) is -0.445. The van der Waals surface area contributed by atoms with Crippen LogP contribution in [0.1, 0.15) is 27.0 Å². The Hall–Kier alpha value is -1.86. The van der Waals surface area contributed by atoms with Crippen LogP contribution in [0.15, 0.2) is 12.1 Å². The first-order valence-electron chi connectivity index (χ1n) is 4.46. The molecular weight excluding hydrogens is 192 g/mol. The first-order valence-corrected chi connectivity index (χ1v) is 4.46. The fraction of sp³-hybridized carbons (Fsp3) is 0.273. The molecule has 0 unspecified atom stereocenters. The van der Waals surface area contributed by atoms with Crippen molar-refractivity contribution in [1.82, 2.24) is 0 Å². The van der Waals surface area contributed by atoms with Gasteiger partial charge in [0.25, 0.3) is 0 Å². The van der Waals surface area contributed by atoms with Gasteiger partial charge in [-0.15, -0.1) is 0 Å². The van der Waals surface area contributed by atoms with E-state index in [1.165, 1.54) is 13.2 Å². The van der Waals surface area contributed by atoms with Crippen LogP contribution < -0.4 is 5.73 Å². The molecule has 0 aromatic heterocycles. The van der Waals surface area contributed by atoms with E-state index in [1.807, 2.05) is 6.07 Å². The zero-order valence-electron chi connectivity index (χ0n) is 8.70. The number of ether oxygens (including phenoxy) is 1. The van der Waals surface area contributed by atoms with Crippen molar-refractivity contribution in [2.75, 3.05) is 7.11 Å². The lowest BCUT2D eigenvalue weighted by atomic mass is 9.99. The van der Waals surface area contributed by atoms with Gasteiger partial charge in [-0.2, -0.15) is 5.26 Å². The van der Waals surface area contributed by atoms with E-state index in [2.05, 4.69) is 4.74 Å². The molecule has 0 bridgehead atoms. The van der Waals surface area contributed by atoms with Gasteiger partial charge in [-0.1, -0.05) is 0 Å². The molecule has 4 nitrogen and oxygen atoms in total. The van der Waals surface area contributed by atoms with Gasteiger partial charge >= 0.3 is 5.97 Å². The van der Waals surface area contributed by atoms with Gasteiger partial charge in [-0.25, -0.2) is 4.79 Å². The minimum atomic E-state index is -0.445. The molecule has 2 N–H and O–H groups in total. The van der Waals surface area contributed by atoms with E-state index >= 15 is 0 Å². The number of nitriles is 1. The van der Waals surface area contributed by atoms with Crippen molar-refractivity contribution in [3.05, 3.63) is 34.4 Å². The predicted octanol–water partition coefficient (Wildman–Crippen LogP) is 1.11. The van der Waals surface area contributed by atoms with Gasteiger partial charge in [0, 0.05) is 6.54 Å². The van der Waals surface area contributed by atoms with Crippen LogP contribution in [0.25, 0.3) is 0 Å². The van der Waals surface area contributed by atoms with E-state index < -0.39 is 5.97 Å². The van der Waals surface area contributed by atoms with E-state index in [0.29, 0.717) is 17.7 Å². The Bertz CT molecular complexity index is 433. The Kier molecular flexibility index (Phi) is 3.42.